The van der Waals surface area contributed by atoms with Gasteiger partial charge in [0.05, 0.1) is 13.2 Å². The number of phosphoric ester groups is 1. The summed E-state index contributed by atoms with van der Waals surface area (Å²) >= 11 is 2.22. The van der Waals surface area contributed by atoms with Crippen LogP contribution in [0.25, 0.3) is 0 Å². The molecule has 6 atom stereocenters. The normalized spacial score (nSPS) is 24.4. The number of anilines is 1. The van der Waals surface area contributed by atoms with Gasteiger partial charge in [0.15, 0.2) is 12.0 Å². The molecule has 22 heteroatoms. The van der Waals surface area contributed by atoms with E-state index in [1.54, 1.807) is 0 Å². The van der Waals surface area contributed by atoms with E-state index in [1.165, 1.54) is 12.3 Å². The third kappa shape index (κ3) is 10.3. The Morgan fingerprint density at radius 2 is 1.77 bits per heavy atom. The number of rotatable bonds is 14. The second kappa shape index (κ2) is 13.9. The molecule has 1 aliphatic rings. The highest BCUT2D eigenvalue weighted by Crippen LogP contribution is 2.66. The van der Waals surface area contributed by atoms with Crippen molar-refractivity contribution >= 4 is 51.9 Å². The van der Waals surface area contributed by atoms with Gasteiger partial charge in [0.25, 0.3) is 0 Å². The number of hydrogen-bond acceptors (Lipinski definition) is 13. The van der Waals surface area contributed by atoms with Crippen molar-refractivity contribution in [3.8, 4) is 0 Å². The molecule has 1 saturated heterocycles. The van der Waals surface area contributed by atoms with E-state index < -0.39 is 60.3 Å². The van der Waals surface area contributed by atoms with Crippen LogP contribution in [-0.2, 0) is 42.8 Å². The molecule has 1 aromatic heterocycles. The predicted octanol–water partition coefficient (Wildman–Crippen LogP) is 0.787. The minimum Gasteiger partial charge on any atom is -0.387 e. The van der Waals surface area contributed by atoms with Gasteiger partial charge in [-0.25, -0.2) is 24.0 Å². The second-order valence-corrected chi connectivity index (χ2v) is 13.8. The van der Waals surface area contributed by atoms with Crippen molar-refractivity contribution in [3.63, 3.8) is 0 Å². The van der Waals surface area contributed by atoms with Gasteiger partial charge in [0.2, 0.25) is 0 Å². The minimum atomic E-state index is -5.75. The van der Waals surface area contributed by atoms with Crippen LogP contribution in [0.5, 0.6) is 0 Å². The fourth-order valence-electron chi connectivity index (χ4n) is 3.40. The van der Waals surface area contributed by atoms with E-state index in [-0.39, 0.29) is 5.82 Å². The lowest BCUT2D eigenvalue weighted by molar-refractivity contribution is -0.0541. The summed E-state index contributed by atoms with van der Waals surface area (Å²) in [5.41, 5.74) is 2.75. The lowest BCUT2D eigenvalue weighted by atomic mass is 10.1. The van der Waals surface area contributed by atoms with Crippen molar-refractivity contribution in [2.75, 3.05) is 18.7 Å². The fourth-order valence-corrected chi connectivity index (χ4v) is 7.03. The minimum absolute atomic E-state index is 0.0488. The summed E-state index contributed by atoms with van der Waals surface area (Å²) in [4.78, 5) is 57.4. The monoisotopic (exact) mass is 743 g/mol. The van der Waals surface area contributed by atoms with E-state index in [0.29, 0.717) is 13.0 Å². The Bertz CT molecular complexity index is 1370. The van der Waals surface area contributed by atoms with Gasteiger partial charge in [-0.3, -0.25) is 13.9 Å². The largest absolute Gasteiger partial charge is 0.490 e. The molecule has 40 heavy (non-hydrogen) atoms. The topological polar surface area (TPSA) is 266 Å². The third-order valence-corrected chi connectivity index (χ3v) is 9.51. The molecule has 1 aromatic carbocycles. The van der Waals surface area contributed by atoms with Gasteiger partial charge in [-0.2, -0.15) is 13.6 Å². The first-order chi connectivity index (χ1) is 18.6. The van der Waals surface area contributed by atoms with E-state index in [0.717, 1.165) is 20.1 Å². The van der Waals surface area contributed by atoms with Crippen LogP contribution in [0.2, 0.25) is 0 Å². The average molecular weight is 743 g/mol. The average Bonchev–Trinajstić information content (AvgIpc) is 3.09. The van der Waals surface area contributed by atoms with Crippen molar-refractivity contribution in [1.29, 1.82) is 0 Å². The van der Waals surface area contributed by atoms with Crippen LogP contribution in [0.4, 0.5) is 5.82 Å². The zero-order chi connectivity index (χ0) is 29.7. The smallest absolute Gasteiger partial charge is 0.387 e. The summed E-state index contributed by atoms with van der Waals surface area (Å²) < 4.78 is 52.8. The number of phosphoric acid groups is 3. The lowest BCUT2D eigenvalue weighted by Crippen LogP contribution is -2.36. The Morgan fingerprint density at radius 3 is 2.42 bits per heavy atom. The molecule has 0 amide bonds. The van der Waals surface area contributed by atoms with Crippen LogP contribution < -0.4 is 11.2 Å². The van der Waals surface area contributed by atoms with E-state index in [9.17, 15) is 38.5 Å². The number of ether oxygens (including phenoxy) is 1. The molecule has 18 nitrogen and oxygen atoms in total. The summed E-state index contributed by atoms with van der Waals surface area (Å²) in [5, 5.41) is 20.5. The van der Waals surface area contributed by atoms with E-state index in [4.69, 9.17) is 19.4 Å². The highest BCUT2D eigenvalue weighted by Gasteiger charge is 2.46. The molecule has 1 aliphatic heterocycles. The Kier molecular flexibility index (Phi) is 11.6. The number of aromatic nitrogens is 2. The zero-order valence-electron chi connectivity index (χ0n) is 20.1. The van der Waals surface area contributed by atoms with Gasteiger partial charge in [-0.15, -0.1) is 0 Å². The van der Waals surface area contributed by atoms with Crippen molar-refractivity contribution in [1.82, 2.24) is 9.55 Å². The number of aryl methyl sites for hydroxylation is 1. The first kappa shape index (κ1) is 33.4. The zero-order valence-corrected chi connectivity index (χ0v) is 24.9. The fraction of sp³-hybridized carbons (Fsp3) is 0.444. The van der Waals surface area contributed by atoms with Gasteiger partial charge in [0.1, 0.15) is 18.3 Å². The first-order valence-electron chi connectivity index (χ1n) is 11.1. The van der Waals surface area contributed by atoms with Gasteiger partial charge in [0, 0.05) is 9.77 Å². The van der Waals surface area contributed by atoms with E-state index in [1.807, 2.05) is 18.2 Å². The molecule has 0 radical (unpaired) electrons. The molecule has 2 heterocycles. The molecule has 2 aromatic rings. The molecule has 2 unspecified atom stereocenters. The van der Waals surface area contributed by atoms with Crippen LogP contribution in [-0.4, -0.2) is 70.9 Å². The maximum atomic E-state index is 12.5. The van der Waals surface area contributed by atoms with Gasteiger partial charge < -0.3 is 34.5 Å². The number of hydrogen-bond donors (Lipinski definition) is 7. The number of nitrogens with one attached hydrogen (secondary N) is 1. The maximum absolute atomic E-state index is 12.5. The molecule has 0 aliphatic carbocycles. The van der Waals surface area contributed by atoms with Gasteiger partial charge in [-0.1, -0.05) is 12.1 Å². The number of benzene rings is 1. The Labute approximate surface area is 239 Å². The number of aliphatic hydroxyl groups excluding tert-OH is 2. The van der Waals surface area contributed by atoms with Crippen LogP contribution in [0.1, 0.15) is 18.2 Å². The van der Waals surface area contributed by atoms with Crippen molar-refractivity contribution in [3.05, 3.63) is 56.1 Å². The quantitative estimate of drug-likeness (QED) is 0.0610. The van der Waals surface area contributed by atoms with Gasteiger partial charge >= 0.3 is 29.2 Å². The molecular formula is C18H25IN3O15P3. The van der Waals surface area contributed by atoms with Crippen LogP contribution in [0.15, 0.2) is 41.3 Å². The summed E-state index contributed by atoms with van der Waals surface area (Å²) in [7, 11) is -16.8. The SMILES string of the molecule is O=c1nc(NOCCCc2cccc(I)c2)ccn1[C@@H]1O[C@H](COP(=O)(O)OP(=O)(O)OP(=O)(O)O)[C@@H](O)[C@H]1O. The second-order valence-electron chi connectivity index (χ2n) is 8.12. The standard InChI is InChI=1S/C18H25IN3O15P3/c19-12-5-1-3-11(9-12)4-2-8-33-21-14-6-7-22(18(25)20-14)17-16(24)15(23)13(35-17)10-34-39(29,30)37-40(31,32)36-38(26,27)28/h1,3,5-7,9,13,15-17,23-24H,2,4,8,10H2,(H,29,30)(H,31,32)(H,20,21,25)(H2,26,27,28)/t13-,15-,16-,17-/m1/s1. The number of aliphatic hydroxyl groups is 2. The first-order valence-corrected chi connectivity index (χ1v) is 16.7. The molecule has 0 spiro atoms. The summed E-state index contributed by atoms with van der Waals surface area (Å²) in [6.07, 6.45) is -3.97. The summed E-state index contributed by atoms with van der Waals surface area (Å²) in [6, 6.07) is 9.31. The van der Waals surface area contributed by atoms with Crippen molar-refractivity contribution in [2.45, 2.75) is 37.4 Å². The Hall–Kier alpha value is -1.12. The number of halogens is 1. The van der Waals surface area contributed by atoms with Gasteiger partial charge in [-0.05, 0) is 59.2 Å². The maximum Gasteiger partial charge on any atom is 0.490 e. The molecule has 0 saturated carbocycles. The molecule has 3 rings (SSSR count). The van der Waals surface area contributed by atoms with E-state index >= 15 is 0 Å². The Balaban J connectivity index is 1.52. The van der Waals surface area contributed by atoms with Crippen molar-refractivity contribution in [2.24, 2.45) is 0 Å². The van der Waals surface area contributed by atoms with Crippen LogP contribution in [0, 0.1) is 3.57 Å². The molecular weight excluding hydrogens is 718 g/mol. The lowest BCUT2D eigenvalue weighted by Gasteiger charge is -2.19. The van der Waals surface area contributed by atoms with Crippen molar-refractivity contribution < 1.29 is 66.2 Å². The molecule has 224 valence electrons. The number of nitrogens with zero attached hydrogens (tertiary/aromatic N) is 2. The Morgan fingerprint density at radius 1 is 1.05 bits per heavy atom. The highest BCUT2D eigenvalue weighted by atomic mass is 127. The van der Waals surface area contributed by atoms with Crippen LogP contribution >= 0.6 is 46.1 Å². The summed E-state index contributed by atoms with van der Waals surface area (Å²) in [5.74, 6) is 0.0488. The molecule has 7 N–H and O–H groups in total. The highest BCUT2D eigenvalue weighted by molar-refractivity contribution is 14.1. The van der Waals surface area contributed by atoms with Crippen LogP contribution in [0.3, 0.4) is 0 Å². The molecule has 1 fully saturated rings. The molecule has 0 bridgehead atoms. The van der Waals surface area contributed by atoms with E-state index in [2.05, 4.69) is 52.3 Å². The third-order valence-electron chi connectivity index (χ3n) is 5.04. The summed E-state index contributed by atoms with van der Waals surface area (Å²) in [6.45, 7) is -0.722. The predicted molar refractivity (Wildman–Crippen MR) is 141 cm³/mol.